The molecule has 1 aliphatic heterocycles. The fraction of sp³-hybridized carbons (Fsp3) is 0.360. The van der Waals surface area contributed by atoms with E-state index in [1.54, 1.807) is 4.90 Å². The van der Waals surface area contributed by atoms with Gasteiger partial charge in [0.15, 0.2) is 0 Å². The normalized spacial score (nSPS) is 15.8. The van der Waals surface area contributed by atoms with E-state index in [2.05, 4.69) is 4.98 Å². The summed E-state index contributed by atoms with van der Waals surface area (Å²) in [5, 5.41) is 21.6. The van der Waals surface area contributed by atoms with Crippen molar-refractivity contribution in [1.82, 2.24) is 14.8 Å². The maximum Gasteiger partial charge on any atom is 0.416 e. The Bertz CT molecular complexity index is 1370. The summed E-state index contributed by atoms with van der Waals surface area (Å²) in [6.45, 7) is 4.12. The lowest BCUT2D eigenvalue weighted by Crippen LogP contribution is -2.50. The summed E-state index contributed by atoms with van der Waals surface area (Å²) < 4.78 is 40.5. The first-order valence-electron chi connectivity index (χ1n) is 11.5. The quantitative estimate of drug-likeness (QED) is 0.395. The number of fused-ring (bicyclic) bond motifs is 1. The van der Waals surface area contributed by atoms with Crippen LogP contribution in [0.15, 0.2) is 46.1 Å². The predicted octanol–water partition coefficient (Wildman–Crippen LogP) is 4.19. The molecule has 12 heteroatoms. The third kappa shape index (κ3) is 6.23. The molecule has 1 aliphatic rings. The number of hydrogen-bond donors (Lipinski definition) is 3. The van der Waals surface area contributed by atoms with Crippen LogP contribution in [-0.4, -0.2) is 75.5 Å². The largest absolute Gasteiger partial charge is 0.507 e. The minimum Gasteiger partial charge on any atom is -0.507 e. The Hall–Kier alpha value is -2.73. The average molecular weight is 556 g/mol. The van der Waals surface area contributed by atoms with E-state index in [-0.39, 0.29) is 49.4 Å². The zero-order valence-corrected chi connectivity index (χ0v) is 21.4. The molecule has 198 valence electrons. The monoisotopic (exact) mass is 555 g/mol. The van der Waals surface area contributed by atoms with Gasteiger partial charge in [-0.1, -0.05) is 11.6 Å². The smallest absolute Gasteiger partial charge is 0.416 e. The Balaban J connectivity index is 1.68. The number of carbonyl (C=O) groups is 1. The van der Waals surface area contributed by atoms with Crippen molar-refractivity contribution in [2.24, 2.45) is 0 Å². The number of alkyl halides is 3. The van der Waals surface area contributed by atoms with Crippen molar-refractivity contribution in [2.75, 3.05) is 38.5 Å². The van der Waals surface area contributed by atoms with Gasteiger partial charge in [0.1, 0.15) is 5.75 Å². The van der Waals surface area contributed by atoms with Crippen molar-refractivity contribution in [3.05, 3.63) is 57.3 Å². The van der Waals surface area contributed by atoms with Gasteiger partial charge in [-0.15, -0.1) is 11.8 Å². The number of phenolic OH excluding ortho intramolecular Hbond substituents is 1. The molecule has 3 N–H and O–H groups in total. The number of amides is 1. The van der Waals surface area contributed by atoms with Gasteiger partial charge in [-0.25, -0.2) is 0 Å². The van der Waals surface area contributed by atoms with E-state index in [1.807, 2.05) is 4.90 Å². The average Bonchev–Trinajstić information content (AvgIpc) is 2.83. The van der Waals surface area contributed by atoms with Crippen molar-refractivity contribution in [2.45, 2.75) is 24.1 Å². The van der Waals surface area contributed by atoms with E-state index in [0.29, 0.717) is 32.7 Å². The number of aromatic hydroxyl groups is 1. The summed E-state index contributed by atoms with van der Waals surface area (Å²) in [4.78, 5) is 31.0. The Morgan fingerprint density at radius 1 is 1.16 bits per heavy atom. The van der Waals surface area contributed by atoms with Crippen molar-refractivity contribution in [1.29, 1.82) is 0 Å². The van der Waals surface area contributed by atoms with E-state index >= 15 is 0 Å². The Morgan fingerprint density at radius 2 is 1.86 bits per heavy atom. The first kappa shape index (κ1) is 27.3. The number of aliphatic hydroxyl groups is 1. The second kappa shape index (κ2) is 10.9. The fourth-order valence-electron chi connectivity index (χ4n) is 4.34. The van der Waals surface area contributed by atoms with Crippen LogP contribution in [0.2, 0.25) is 5.02 Å². The number of piperazine rings is 1. The minimum absolute atomic E-state index is 0.00300. The van der Waals surface area contributed by atoms with Gasteiger partial charge < -0.3 is 20.1 Å². The van der Waals surface area contributed by atoms with Gasteiger partial charge in [-0.2, -0.15) is 13.2 Å². The molecular formula is C25H25ClF3N3O4S. The second-order valence-corrected chi connectivity index (χ2v) is 10.3. The molecule has 1 fully saturated rings. The molecule has 0 saturated carbocycles. The molecule has 0 radical (unpaired) electrons. The van der Waals surface area contributed by atoms with E-state index in [1.165, 1.54) is 31.2 Å². The maximum absolute atomic E-state index is 13.5. The minimum atomic E-state index is -4.62. The zero-order valence-electron chi connectivity index (χ0n) is 19.8. The fourth-order valence-corrected chi connectivity index (χ4v) is 5.52. The molecule has 0 spiro atoms. The van der Waals surface area contributed by atoms with Crippen LogP contribution in [-0.2, 0) is 11.0 Å². The standard InChI is InChI=1S/C25H25ClF3N3O4S/c1-14(33)32-8-6-31(7-9-32)12-17(34)13-37-23-22(19-11-16(26)3-5-21(19)35)18-10-15(25(27,28)29)2-4-20(18)30-24(23)36/h2-5,10-11,17,34-35H,6-9,12-13H2,1H3,(H,30,36). The first-order valence-corrected chi connectivity index (χ1v) is 12.8. The number of aromatic amines is 1. The SMILES string of the molecule is CC(=O)N1CCN(CC(O)CSc2c(-c3cc(Cl)ccc3O)c3cc(C(F)(F)F)ccc3[nH]c2=O)CC1. The van der Waals surface area contributed by atoms with Crippen LogP contribution in [0.4, 0.5) is 13.2 Å². The summed E-state index contributed by atoms with van der Waals surface area (Å²) in [6, 6.07) is 7.11. The second-order valence-electron chi connectivity index (χ2n) is 8.85. The Kier molecular flexibility index (Phi) is 8.08. The number of phenols is 1. The number of nitrogens with one attached hydrogen (secondary N) is 1. The van der Waals surface area contributed by atoms with Gasteiger partial charge in [0.2, 0.25) is 5.91 Å². The van der Waals surface area contributed by atoms with Crippen molar-refractivity contribution < 1.29 is 28.2 Å². The van der Waals surface area contributed by atoms with Gasteiger partial charge in [-0.05, 0) is 36.4 Å². The number of β-amino-alcohol motifs (C(OH)–C–C–N with tert-alkyl or cyclic N) is 1. The van der Waals surface area contributed by atoms with Gasteiger partial charge in [-0.3, -0.25) is 14.5 Å². The summed E-state index contributed by atoms with van der Waals surface area (Å²) in [5.41, 5.74) is -1.08. The molecule has 1 atom stereocenters. The Morgan fingerprint density at radius 3 is 2.51 bits per heavy atom. The molecule has 0 bridgehead atoms. The van der Waals surface area contributed by atoms with Crippen LogP contribution in [0.25, 0.3) is 22.0 Å². The molecule has 2 aromatic carbocycles. The van der Waals surface area contributed by atoms with Crippen LogP contribution < -0.4 is 5.56 Å². The highest BCUT2D eigenvalue weighted by Crippen LogP contribution is 2.42. The number of nitrogens with zero attached hydrogens (tertiary/aromatic N) is 2. The van der Waals surface area contributed by atoms with Crippen molar-refractivity contribution >= 4 is 40.2 Å². The zero-order chi connectivity index (χ0) is 26.9. The van der Waals surface area contributed by atoms with Crippen LogP contribution >= 0.6 is 23.4 Å². The molecule has 1 aromatic heterocycles. The van der Waals surface area contributed by atoms with Crippen molar-refractivity contribution in [3.8, 4) is 16.9 Å². The van der Waals surface area contributed by atoms with Gasteiger partial charge >= 0.3 is 6.18 Å². The molecule has 1 unspecified atom stereocenters. The summed E-state index contributed by atoms with van der Waals surface area (Å²) in [7, 11) is 0. The third-order valence-corrected chi connectivity index (χ3v) is 7.70. The van der Waals surface area contributed by atoms with Crippen LogP contribution in [0, 0.1) is 0 Å². The number of H-pyrrole nitrogens is 1. The van der Waals surface area contributed by atoms with Crippen LogP contribution in [0.1, 0.15) is 12.5 Å². The lowest BCUT2D eigenvalue weighted by molar-refractivity contribution is -0.137. The molecule has 2 heterocycles. The maximum atomic E-state index is 13.5. The summed E-state index contributed by atoms with van der Waals surface area (Å²) in [6.07, 6.45) is -5.47. The topological polar surface area (TPSA) is 96.9 Å². The number of rotatable bonds is 6. The lowest BCUT2D eigenvalue weighted by atomic mass is 9.98. The number of hydrogen-bond acceptors (Lipinski definition) is 6. The number of aromatic nitrogens is 1. The molecule has 1 saturated heterocycles. The molecule has 7 nitrogen and oxygen atoms in total. The summed E-state index contributed by atoms with van der Waals surface area (Å²) >= 11 is 7.12. The van der Waals surface area contributed by atoms with Gasteiger partial charge in [0.25, 0.3) is 5.56 Å². The third-order valence-electron chi connectivity index (χ3n) is 6.23. The highest BCUT2D eigenvalue weighted by Gasteiger charge is 2.31. The van der Waals surface area contributed by atoms with E-state index in [0.717, 1.165) is 23.9 Å². The number of benzene rings is 2. The molecule has 4 rings (SSSR count). The molecule has 37 heavy (non-hydrogen) atoms. The van der Waals surface area contributed by atoms with E-state index in [4.69, 9.17) is 11.6 Å². The number of aliphatic hydroxyl groups excluding tert-OH is 1. The number of pyridine rings is 1. The van der Waals surface area contributed by atoms with E-state index in [9.17, 15) is 33.0 Å². The van der Waals surface area contributed by atoms with Gasteiger partial charge in [0, 0.05) is 72.5 Å². The molecular weight excluding hydrogens is 531 g/mol. The number of halogens is 4. The molecule has 3 aromatic rings. The van der Waals surface area contributed by atoms with Crippen LogP contribution in [0.5, 0.6) is 5.75 Å². The Labute approximate surface area is 219 Å². The lowest BCUT2D eigenvalue weighted by Gasteiger charge is -2.35. The first-order chi connectivity index (χ1) is 17.4. The highest BCUT2D eigenvalue weighted by molar-refractivity contribution is 7.99. The van der Waals surface area contributed by atoms with Crippen LogP contribution in [0.3, 0.4) is 0 Å². The van der Waals surface area contributed by atoms with Crippen molar-refractivity contribution in [3.63, 3.8) is 0 Å². The molecule has 0 aliphatic carbocycles. The van der Waals surface area contributed by atoms with Gasteiger partial charge in [0.05, 0.1) is 16.6 Å². The summed E-state index contributed by atoms with van der Waals surface area (Å²) in [5.74, 6) is -0.175. The predicted molar refractivity (Wildman–Crippen MR) is 137 cm³/mol. The number of carbonyl (C=O) groups excluding carboxylic acids is 1. The highest BCUT2D eigenvalue weighted by atomic mass is 35.5. The number of thioether (sulfide) groups is 1. The molecule has 1 amide bonds. The van der Waals surface area contributed by atoms with E-state index < -0.39 is 23.4 Å².